The van der Waals surface area contributed by atoms with E-state index in [9.17, 15) is 9.18 Å². The first-order chi connectivity index (χ1) is 5.59. The zero-order chi connectivity index (χ0) is 9.14. The fourth-order valence-corrected chi connectivity index (χ4v) is 1.60. The lowest BCUT2D eigenvalue weighted by atomic mass is 9.93. The molecule has 1 saturated heterocycles. The van der Waals surface area contributed by atoms with Crippen molar-refractivity contribution in [1.29, 1.82) is 0 Å². The molecule has 1 aliphatic heterocycles. The van der Waals surface area contributed by atoms with Gasteiger partial charge in [-0.1, -0.05) is 0 Å². The van der Waals surface area contributed by atoms with Gasteiger partial charge in [0.25, 0.3) is 0 Å². The summed E-state index contributed by atoms with van der Waals surface area (Å²) in [6.07, 6.45) is -0.516. The Morgan fingerprint density at radius 3 is 3.00 bits per heavy atom. The minimum Gasteiger partial charge on any atom is -0.481 e. The first kappa shape index (κ1) is 9.45. The second kappa shape index (κ2) is 3.85. The molecule has 0 saturated carbocycles. The van der Waals surface area contributed by atoms with Gasteiger partial charge in [-0.25, -0.2) is 4.39 Å². The normalized spacial score (nSPS) is 31.8. The maximum atomic E-state index is 13.1. The van der Waals surface area contributed by atoms with Crippen LogP contribution in [0.5, 0.6) is 0 Å². The Bertz CT molecular complexity index is 174. The summed E-state index contributed by atoms with van der Waals surface area (Å²) in [5.41, 5.74) is 0. The Labute approximate surface area is 71.2 Å². The molecular formula is C8H14FNO2. The van der Waals surface area contributed by atoms with E-state index in [-0.39, 0.29) is 12.3 Å². The van der Waals surface area contributed by atoms with Gasteiger partial charge in [-0.3, -0.25) is 4.79 Å². The zero-order valence-electron chi connectivity index (χ0n) is 7.16. The highest BCUT2D eigenvalue weighted by Crippen LogP contribution is 2.21. The Balaban J connectivity index is 2.43. The maximum absolute atomic E-state index is 13.1. The molecule has 0 aromatic rings. The van der Waals surface area contributed by atoms with Crippen molar-refractivity contribution < 1.29 is 14.3 Å². The molecule has 0 radical (unpaired) electrons. The second-order valence-electron chi connectivity index (χ2n) is 3.42. The number of hydrogen-bond acceptors (Lipinski definition) is 2. The van der Waals surface area contributed by atoms with Crippen LogP contribution in [0.1, 0.15) is 12.8 Å². The summed E-state index contributed by atoms with van der Waals surface area (Å²) < 4.78 is 13.1. The van der Waals surface area contributed by atoms with Crippen molar-refractivity contribution >= 4 is 5.97 Å². The third-order valence-electron chi connectivity index (χ3n) is 2.28. The molecule has 0 aromatic carbocycles. The average Bonchev–Trinajstić information content (AvgIpc) is 1.96. The number of alkyl halides is 1. The monoisotopic (exact) mass is 175 g/mol. The van der Waals surface area contributed by atoms with Crippen LogP contribution in [0.2, 0.25) is 0 Å². The van der Waals surface area contributed by atoms with E-state index in [2.05, 4.69) is 0 Å². The number of aliphatic carboxylic acids is 1. The summed E-state index contributed by atoms with van der Waals surface area (Å²) in [6.45, 7) is 1.30. The summed E-state index contributed by atoms with van der Waals surface area (Å²) in [5.74, 6) is -1.22. The van der Waals surface area contributed by atoms with Gasteiger partial charge in [-0.15, -0.1) is 0 Å². The van der Waals surface area contributed by atoms with Crippen molar-refractivity contribution in [2.45, 2.75) is 19.0 Å². The Morgan fingerprint density at radius 2 is 2.42 bits per heavy atom. The van der Waals surface area contributed by atoms with Crippen LogP contribution in [0.25, 0.3) is 0 Å². The van der Waals surface area contributed by atoms with E-state index in [0.29, 0.717) is 13.0 Å². The molecule has 1 rings (SSSR count). The van der Waals surface area contributed by atoms with Crippen molar-refractivity contribution in [2.24, 2.45) is 5.92 Å². The molecule has 1 aliphatic rings. The summed E-state index contributed by atoms with van der Waals surface area (Å²) >= 11 is 0. The van der Waals surface area contributed by atoms with E-state index in [0.717, 1.165) is 6.54 Å². The van der Waals surface area contributed by atoms with Crippen LogP contribution < -0.4 is 0 Å². The largest absolute Gasteiger partial charge is 0.481 e. The fraction of sp³-hybridized carbons (Fsp3) is 0.875. The Kier molecular flexibility index (Phi) is 3.03. The van der Waals surface area contributed by atoms with Gasteiger partial charge in [0.15, 0.2) is 0 Å². The highest BCUT2D eigenvalue weighted by Gasteiger charge is 2.28. The predicted octanol–water partition coefficient (Wildman–Crippen LogP) is 0.751. The topological polar surface area (TPSA) is 40.5 Å². The molecule has 0 spiro atoms. The van der Waals surface area contributed by atoms with Crippen LogP contribution in [-0.2, 0) is 4.79 Å². The van der Waals surface area contributed by atoms with Gasteiger partial charge in [-0.05, 0) is 13.5 Å². The van der Waals surface area contributed by atoms with Gasteiger partial charge in [-0.2, -0.15) is 0 Å². The van der Waals surface area contributed by atoms with E-state index in [1.54, 1.807) is 0 Å². The van der Waals surface area contributed by atoms with Crippen molar-refractivity contribution in [1.82, 2.24) is 4.90 Å². The summed E-state index contributed by atoms with van der Waals surface area (Å²) in [7, 11) is 1.89. The number of hydrogen-bond donors (Lipinski definition) is 1. The number of carboxylic acid groups (broad SMARTS) is 1. The van der Waals surface area contributed by atoms with Crippen molar-refractivity contribution in [3.8, 4) is 0 Å². The number of halogens is 1. The predicted molar refractivity (Wildman–Crippen MR) is 42.8 cm³/mol. The molecule has 12 heavy (non-hydrogen) atoms. The number of carbonyl (C=O) groups is 1. The lowest BCUT2D eigenvalue weighted by Gasteiger charge is -2.31. The van der Waals surface area contributed by atoms with Crippen LogP contribution in [0.15, 0.2) is 0 Å². The molecule has 4 heteroatoms. The Morgan fingerprint density at radius 1 is 1.75 bits per heavy atom. The number of nitrogens with zero attached hydrogens (tertiary/aromatic N) is 1. The highest BCUT2D eigenvalue weighted by atomic mass is 19.1. The average molecular weight is 175 g/mol. The molecule has 2 atom stereocenters. The van der Waals surface area contributed by atoms with Crippen LogP contribution >= 0.6 is 0 Å². The smallest absolute Gasteiger partial charge is 0.303 e. The lowest BCUT2D eigenvalue weighted by Crippen LogP contribution is -2.40. The van der Waals surface area contributed by atoms with E-state index >= 15 is 0 Å². The van der Waals surface area contributed by atoms with E-state index in [1.165, 1.54) is 0 Å². The van der Waals surface area contributed by atoms with Crippen LogP contribution in [0, 0.1) is 5.92 Å². The van der Waals surface area contributed by atoms with Crippen molar-refractivity contribution in [2.75, 3.05) is 20.1 Å². The summed E-state index contributed by atoms with van der Waals surface area (Å²) in [4.78, 5) is 12.3. The molecule has 3 nitrogen and oxygen atoms in total. The van der Waals surface area contributed by atoms with Gasteiger partial charge in [0.05, 0.1) is 6.42 Å². The van der Waals surface area contributed by atoms with Gasteiger partial charge < -0.3 is 10.0 Å². The van der Waals surface area contributed by atoms with Crippen molar-refractivity contribution in [3.05, 3.63) is 0 Å². The van der Waals surface area contributed by atoms with E-state index in [4.69, 9.17) is 5.11 Å². The number of carboxylic acids is 1. The molecule has 0 amide bonds. The van der Waals surface area contributed by atoms with Crippen LogP contribution in [-0.4, -0.2) is 42.3 Å². The molecule has 0 aliphatic carbocycles. The summed E-state index contributed by atoms with van der Waals surface area (Å²) in [5, 5.41) is 8.48. The fourth-order valence-electron chi connectivity index (χ4n) is 1.60. The van der Waals surface area contributed by atoms with Gasteiger partial charge in [0.1, 0.15) is 6.17 Å². The molecule has 0 bridgehead atoms. The first-order valence-electron chi connectivity index (χ1n) is 4.14. The molecule has 0 aromatic heterocycles. The van der Waals surface area contributed by atoms with Gasteiger partial charge in [0.2, 0.25) is 0 Å². The quantitative estimate of drug-likeness (QED) is 0.673. The number of likely N-dealkylation sites (tertiary alicyclic amines) is 1. The standard InChI is InChI=1S/C8H14FNO2/c1-10-3-2-7(9)6(5-10)4-8(11)12/h6-7H,2-5H2,1H3,(H,11,12)/t6-,7+/m0/s1. The third kappa shape index (κ3) is 2.44. The minimum atomic E-state index is -0.933. The zero-order valence-corrected chi connectivity index (χ0v) is 7.16. The summed E-state index contributed by atoms with van der Waals surface area (Å²) in [6, 6.07) is 0. The minimum absolute atomic E-state index is 0.0501. The molecule has 1 heterocycles. The van der Waals surface area contributed by atoms with E-state index in [1.807, 2.05) is 11.9 Å². The molecule has 1 fully saturated rings. The van der Waals surface area contributed by atoms with Gasteiger partial charge in [0, 0.05) is 19.0 Å². The SMILES string of the molecule is CN1CC[C@@H](F)[C@@H](CC(=O)O)C1. The van der Waals surface area contributed by atoms with Crippen molar-refractivity contribution in [3.63, 3.8) is 0 Å². The lowest BCUT2D eigenvalue weighted by molar-refractivity contribution is -0.139. The molecule has 70 valence electrons. The molecular weight excluding hydrogens is 161 g/mol. The second-order valence-corrected chi connectivity index (χ2v) is 3.42. The molecule has 0 unspecified atom stereocenters. The molecule has 1 N–H and O–H groups in total. The van der Waals surface area contributed by atoms with Crippen LogP contribution in [0.3, 0.4) is 0 Å². The number of rotatable bonds is 2. The third-order valence-corrected chi connectivity index (χ3v) is 2.28. The van der Waals surface area contributed by atoms with Crippen LogP contribution in [0.4, 0.5) is 4.39 Å². The number of piperidine rings is 1. The first-order valence-corrected chi connectivity index (χ1v) is 4.14. The highest BCUT2D eigenvalue weighted by molar-refractivity contribution is 5.67. The van der Waals surface area contributed by atoms with E-state index < -0.39 is 12.1 Å². The maximum Gasteiger partial charge on any atom is 0.303 e. The van der Waals surface area contributed by atoms with Gasteiger partial charge >= 0.3 is 5.97 Å². The Hall–Kier alpha value is -0.640.